The molecule has 2 aromatic heterocycles. The number of nitrogens with one attached hydrogen (secondary N) is 1. The zero-order chi connectivity index (χ0) is 24.5. The third-order valence-electron chi connectivity index (χ3n) is 4.87. The van der Waals surface area contributed by atoms with Crippen molar-refractivity contribution in [2.75, 3.05) is 26.6 Å². The van der Waals surface area contributed by atoms with Gasteiger partial charge in [-0.25, -0.2) is 15.0 Å². The lowest BCUT2D eigenvalue weighted by molar-refractivity contribution is -0.145. The van der Waals surface area contributed by atoms with Crippen LogP contribution in [0.25, 0.3) is 16.9 Å². The number of benzene rings is 2. The summed E-state index contributed by atoms with van der Waals surface area (Å²) in [6, 6.07) is 9.13. The quantitative estimate of drug-likeness (QED) is 0.450. The standard InChI is InChI=1S/C22H18F3N5O4/c1-32-12-7-8-15-14(9-12)28-21(22(23,24)25)30(15)18-11-26-17(10-27-18)29-20(31)13-5-4-6-16(33-2)19(13)34-3/h4-11H,1-3H3,(H,26,29,31). The fourth-order valence-electron chi connectivity index (χ4n) is 3.36. The van der Waals surface area contributed by atoms with Crippen LogP contribution in [0.5, 0.6) is 17.2 Å². The predicted molar refractivity (Wildman–Crippen MR) is 116 cm³/mol. The van der Waals surface area contributed by atoms with Gasteiger partial charge in [0.05, 0.1) is 50.3 Å². The van der Waals surface area contributed by atoms with Crippen molar-refractivity contribution in [2.45, 2.75) is 6.18 Å². The van der Waals surface area contributed by atoms with E-state index in [1.165, 1.54) is 45.6 Å². The van der Waals surface area contributed by atoms with E-state index in [9.17, 15) is 18.0 Å². The van der Waals surface area contributed by atoms with E-state index < -0.39 is 17.9 Å². The van der Waals surface area contributed by atoms with Crippen molar-refractivity contribution in [3.63, 3.8) is 0 Å². The first-order valence-corrected chi connectivity index (χ1v) is 9.75. The van der Waals surface area contributed by atoms with Crippen molar-refractivity contribution in [1.82, 2.24) is 19.5 Å². The maximum Gasteiger partial charge on any atom is 0.450 e. The second-order valence-corrected chi connectivity index (χ2v) is 6.88. The SMILES string of the molecule is COc1ccc2c(c1)nc(C(F)(F)F)n2-c1cnc(NC(=O)c2cccc(OC)c2OC)cn1. The monoisotopic (exact) mass is 473 g/mol. The molecule has 4 aromatic rings. The van der Waals surface area contributed by atoms with Gasteiger partial charge in [0, 0.05) is 6.07 Å². The minimum Gasteiger partial charge on any atom is -0.497 e. The van der Waals surface area contributed by atoms with Crippen LogP contribution in [0.1, 0.15) is 16.2 Å². The molecule has 0 aliphatic carbocycles. The number of alkyl halides is 3. The minimum absolute atomic E-state index is 0.0262. The molecule has 0 aliphatic heterocycles. The van der Waals surface area contributed by atoms with E-state index in [-0.39, 0.29) is 34.0 Å². The minimum atomic E-state index is -4.75. The first-order chi connectivity index (χ1) is 16.3. The number of ether oxygens (including phenoxy) is 3. The lowest BCUT2D eigenvalue weighted by atomic mass is 10.1. The van der Waals surface area contributed by atoms with Crippen LogP contribution in [0.15, 0.2) is 48.8 Å². The maximum absolute atomic E-state index is 13.7. The van der Waals surface area contributed by atoms with Crippen LogP contribution < -0.4 is 19.5 Å². The molecule has 0 atom stereocenters. The van der Waals surface area contributed by atoms with Crippen molar-refractivity contribution in [3.05, 3.63) is 60.2 Å². The molecule has 0 fully saturated rings. The Kier molecular flexibility index (Phi) is 5.97. The zero-order valence-corrected chi connectivity index (χ0v) is 18.2. The summed E-state index contributed by atoms with van der Waals surface area (Å²) >= 11 is 0. The molecule has 12 heteroatoms. The van der Waals surface area contributed by atoms with Crippen LogP contribution in [0.2, 0.25) is 0 Å². The van der Waals surface area contributed by atoms with Crippen molar-refractivity contribution in [3.8, 4) is 23.1 Å². The van der Waals surface area contributed by atoms with Crippen molar-refractivity contribution in [1.29, 1.82) is 0 Å². The number of para-hydroxylation sites is 1. The first kappa shape index (κ1) is 22.8. The molecule has 0 saturated heterocycles. The number of halogens is 3. The summed E-state index contributed by atoms with van der Waals surface area (Å²) in [6.07, 6.45) is -2.49. The van der Waals surface area contributed by atoms with Crippen molar-refractivity contribution in [2.24, 2.45) is 0 Å². The van der Waals surface area contributed by atoms with Gasteiger partial charge in [-0.2, -0.15) is 13.2 Å². The van der Waals surface area contributed by atoms with Gasteiger partial charge in [0.15, 0.2) is 23.1 Å². The van der Waals surface area contributed by atoms with Crippen LogP contribution in [-0.2, 0) is 6.18 Å². The summed E-state index contributed by atoms with van der Waals surface area (Å²) in [5.74, 6) is -0.878. The molecule has 9 nitrogen and oxygen atoms in total. The molecule has 176 valence electrons. The number of carbonyl (C=O) groups is 1. The van der Waals surface area contributed by atoms with Gasteiger partial charge < -0.3 is 19.5 Å². The topological polar surface area (TPSA) is 100 Å². The number of hydrogen-bond acceptors (Lipinski definition) is 7. The highest BCUT2D eigenvalue weighted by atomic mass is 19.4. The molecule has 0 radical (unpaired) electrons. The Bertz CT molecular complexity index is 1350. The van der Waals surface area contributed by atoms with Crippen LogP contribution >= 0.6 is 0 Å². The Morgan fingerprint density at radius 3 is 2.41 bits per heavy atom. The molecule has 4 rings (SSSR count). The van der Waals surface area contributed by atoms with Crippen LogP contribution in [0.4, 0.5) is 19.0 Å². The molecule has 0 bridgehead atoms. The molecule has 1 amide bonds. The molecular formula is C22H18F3N5O4. The largest absolute Gasteiger partial charge is 0.497 e. The second kappa shape index (κ2) is 8.89. The average molecular weight is 473 g/mol. The summed E-state index contributed by atoms with van der Waals surface area (Å²) in [4.78, 5) is 24.5. The van der Waals surface area contributed by atoms with E-state index in [1.54, 1.807) is 12.1 Å². The van der Waals surface area contributed by atoms with Gasteiger partial charge in [-0.05, 0) is 24.3 Å². The summed E-state index contributed by atoms with van der Waals surface area (Å²) < 4.78 is 57.4. The fourth-order valence-corrected chi connectivity index (χ4v) is 3.36. The second-order valence-electron chi connectivity index (χ2n) is 6.88. The summed E-state index contributed by atoms with van der Waals surface area (Å²) in [7, 11) is 4.24. The van der Waals surface area contributed by atoms with E-state index in [1.807, 2.05) is 0 Å². The third kappa shape index (κ3) is 4.17. The summed E-state index contributed by atoms with van der Waals surface area (Å²) in [5, 5.41) is 2.54. The van der Waals surface area contributed by atoms with Gasteiger partial charge in [0.1, 0.15) is 5.75 Å². The first-order valence-electron chi connectivity index (χ1n) is 9.75. The number of fused-ring (bicyclic) bond motifs is 1. The molecule has 1 N–H and O–H groups in total. The van der Waals surface area contributed by atoms with Gasteiger partial charge in [-0.1, -0.05) is 6.07 Å². The van der Waals surface area contributed by atoms with Gasteiger partial charge >= 0.3 is 6.18 Å². The normalized spacial score (nSPS) is 11.4. The Morgan fingerprint density at radius 2 is 1.79 bits per heavy atom. The third-order valence-corrected chi connectivity index (χ3v) is 4.87. The van der Waals surface area contributed by atoms with Crippen molar-refractivity contribution < 1.29 is 32.2 Å². The van der Waals surface area contributed by atoms with Gasteiger partial charge in [0.25, 0.3) is 5.91 Å². The number of aromatic nitrogens is 4. The number of methoxy groups -OCH3 is 3. The lowest BCUT2D eigenvalue weighted by Gasteiger charge is -2.13. The van der Waals surface area contributed by atoms with E-state index in [0.717, 1.165) is 17.0 Å². The van der Waals surface area contributed by atoms with Gasteiger partial charge in [-0.3, -0.25) is 9.36 Å². The number of hydrogen-bond donors (Lipinski definition) is 1. The Balaban J connectivity index is 1.68. The smallest absolute Gasteiger partial charge is 0.450 e. The predicted octanol–water partition coefficient (Wildman–Crippen LogP) is 4.11. The Hall–Kier alpha value is -4.35. The van der Waals surface area contributed by atoms with Crippen molar-refractivity contribution >= 4 is 22.8 Å². The Morgan fingerprint density at radius 1 is 1.00 bits per heavy atom. The molecule has 0 spiro atoms. The number of nitrogens with zero attached hydrogens (tertiary/aromatic N) is 4. The fraction of sp³-hybridized carbons (Fsp3) is 0.182. The molecule has 0 aliphatic rings. The van der Waals surface area contributed by atoms with Crippen LogP contribution in [0.3, 0.4) is 0 Å². The highest BCUT2D eigenvalue weighted by Crippen LogP contribution is 2.34. The summed E-state index contributed by atoms with van der Waals surface area (Å²) in [5.41, 5.74) is 0.429. The van der Waals surface area contributed by atoms with Gasteiger partial charge in [-0.15, -0.1) is 0 Å². The number of amides is 1. The van der Waals surface area contributed by atoms with E-state index in [0.29, 0.717) is 11.5 Å². The van der Waals surface area contributed by atoms with Crippen LogP contribution in [0, 0.1) is 0 Å². The molecule has 0 unspecified atom stereocenters. The summed E-state index contributed by atoms with van der Waals surface area (Å²) in [6.45, 7) is 0. The molecule has 34 heavy (non-hydrogen) atoms. The number of rotatable bonds is 6. The molecular weight excluding hydrogens is 455 g/mol. The number of anilines is 1. The molecule has 2 heterocycles. The highest BCUT2D eigenvalue weighted by molar-refractivity contribution is 6.06. The highest BCUT2D eigenvalue weighted by Gasteiger charge is 2.38. The van der Waals surface area contributed by atoms with E-state index >= 15 is 0 Å². The Labute approximate surface area is 191 Å². The lowest BCUT2D eigenvalue weighted by Crippen LogP contribution is -2.16. The number of carbonyl (C=O) groups excluding carboxylic acids is 1. The number of imidazole rings is 1. The molecule has 0 saturated carbocycles. The average Bonchev–Trinajstić information content (AvgIpc) is 3.23. The molecule has 2 aromatic carbocycles. The zero-order valence-electron chi connectivity index (χ0n) is 18.2. The maximum atomic E-state index is 13.7. The van der Waals surface area contributed by atoms with E-state index in [2.05, 4.69) is 20.3 Å². The van der Waals surface area contributed by atoms with Crippen LogP contribution in [-0.4, -0.2) is 46.8 Å². The van der Waals surface area contributed by atoms with Gasteiger partial charge in [0.2, 0.25) is 5.82 Å². The van der Waals surface area contributed by atoms with E-state index in [4.69, 9.17) is 14.2 Å².